The Morgan fingerprint density at radius 1 is 1.28 bits per heavy atom. The number of thioether (sulfide) groups is 1. The smallest absolute Gasteiger partial charge is 0.337 e. The molecule has 5 nitrogen and oxygen atoms in total. The molecule has 1 aliphatic heterocycles. The number of methoxy groups -OCH3 is 1. The maximum atomic E-state index is 11.3. The molecule has 1 fully saturated rings. The molecule has 18 heavy (non-hydrogen) atoms. The normalized spacial score (nSPS) is 16.8. The second-order valence-electron chi connectivity index (χ2n) is 3.47. The number of imide groups is 1. The Hall–Kier alpha value is -2.08. The molecule has 1 N–H and O–H groups in total. The summed E-state index contributed by atoms with van der Waals surface area (Å²) in [4.78, 5) is 33.8. The Balaban J connectivity index is 2.21. The molecule has 0 unspecified atom stereocenters. The highest BCUT2D eigenvalue weighted by Gasteiger charge is 2.24. The number of carbonyl (C=O) groups excluding carboxylic acids is 3. The third-order valence-electron chi connectivity index (χ3n) is 2.27. The van der Waals surface area contributed by atoms with Crippen LogP contribution in [0.2, 0.25) is 0 Å². The molecule has 0 spiro atoms. The third kappa shape index (κ3) is 2.60. The van der Waals surface area contributed by atoms with Gasteiger partial charge in [0.05, 0.1) is 17.6 Å². The van der Waals surface area contributed by atoms with E-state index in [0.717, 1.165) is 17.3 Å². The van der Waals surface area contributed by atoms with E-state index >= 15 is 0 Å². The van der Waals surface area contributed by atoms with Crippen LogP contribution in [0.3, 0.4) is 0 Å². The van der Waals surface area contributed by atoms with Crippen LogP contribution in [0, 0.1) is 0 Å². The van der Waals surface area contributed by atoms with Gasteiger partial charge in [-0.2, -0.15) is 0 Å². The van der Waals surface area contributed by atoms with Gasteiger partial charge < -0.3 is 4.74 Å². The van der Waals surface area contributed by atoms with Gasteiger partial charge in [-0.25, -0.2) is 4.79 Å². The lowest BCUT2D eigenvalue weighted by Gasteiger charge is -1.99. The monoisotopic (exact) mass is 263 g/mol. The fourth-order valence-corrected chi connectivity index (χ4v) is 2.09. The zero-order valence-corrected chi connectivity index (χ0v) is 10.2. The van der Waals surface area contributed by atoms with Gasteiger partial charge >= 0.3 is 5.97 Å². The SMILES string of the molecule is COC(=O)c1ccc(/C=C2\SC(=O)NC2=O)cc1. The van der Waals surface area contributed by atoms with E-state index < -0.39 is 11.9 Å². The molecule has 0 bridgehead atoms. The van der Waals surface area contributed by atoms with Gasteiger partial charge in [0.1, 0.15) is 0 Å². The standard InChI is InChI=1S/C12H9NO4S/c1-17-11(15)8-4-2-7(3-5-8)6-9-10(14)13-12(16)18-9/h2-6H,1H3,(H,13,14,16)/b9-6-. The summed E-state index contributed by atoms with van der Waals surface area (Å²) in [5.41, 5.74) is 1.16. The van der Waals surface area contributed by atoms with Crippen LogP contribution in [0.25, 0.3) is 6.08 Å². The summed E-state index contributed by atoms with van der Waals surface area (Å²) in [7, 11) is 1.31. The van der Waals surface area contributed by atoms with Crippen molar-refractivity contribution in [1.82, 2.24) is 5.32 Å². The minimum atomic E-state index is -0.419. The number of nitrogens with one attached hydrogen (secondary N) is 1. The molecule has 0 aliphatic carbocycles. The van der Waals surface area contributed by atoms with Gasteiger partial charge in [0.2, 0.25) is 0 Å². The van der Waals surface area contributed by atoms with Crippen LogP contribution in [-0.4, -0.2) is 24.2 Å². The van der Waals surface area contributed by atoms with Gasteiger partial charge in [0.25, 0.3) is 11.1 Å². The highest BCUT2D eigenvalue weighted by molar-refractivity contribution is 8.18. The molecule has 2 rings (SSSR count). The molecule has 0 saturated carbocycles. The van der Waals surface area contributed by atoms with Crippen molar-refractivity contribution in [3.63, 3.8) is 0 Å². The Morgan fingerprint density at radius 2 is 1.94 bits per heavy atom. The fourth-order valence-electron chi connectivity index (χ4n) is 1.41. The minimum absolute atomic E-state index is 0.339. The second-order valence-corrected chi connectivity index (χ2v) is 4.48. The first-order chi connectivity index (χ1) is 8.60. The lowest BCUT2D eigenvalue weighted by atomic mass is 10.1. The molecule has 1 aromatic carbocycles. The van der Waals surface area contributed by atoms with Crippen LogP contribution >= 0.6 is 11.8 Å². The predicted octanol–water partition coefficient (Wildman–Crippen LogP) is 1.80. The summed E-state index contributed by atoms with van der Waals surface area (Å²) >= 11 is 0.853. The zero-order chi connectivity index (χ0) is 13.1. The molecule has 0 aromatic heterocycles. The molecular weight excluding hydrogens is 254 g/mol. The highest BCUT2D eigenvalue weighted by atomic mass is 32.2. The van der Waals surface area contributed by atoms with Crippen molar-refractivity contribution in [2.45, 2.75) is 0 Å². The quantitative estimate of drug-likeness (QED) is 0.650. The van der Waals surface area contributed by atoms with E-state index in [2.05, 4.69) is 10.1 Å². The van der Waals surface area contributed by atoms with E-state index in [0.29, 0.717) is 10.5 Å². The number of ether oxygens (including phenoxy) is 1. The summed E-state index contributed by atoms with van der Waals surface area (Å²) in [5, 5.41) is 1.79. The summed E-state index contributed by atoms with van der Waals surface area (Å²) in [6.45, 7) is 0. The number of carbonyl (C=O) groups is 3. The largest absolute Gasteiger partial charge is 0.465 e. The second kappa shape index (κ2) is 5.05. The molecule has 0 radical (unpaired) electrons. The Morgan fingerprint density at radius 3 is 2.44 bits per heavy atom. The minimum Gasteiger partial charge on any atom is -0.465 e. The number of esters is 1. The molecule has 6 heteroatoms. The van der Waals surface area contributed by atoms with E-state index in [-0.39, 0.29) is 5.24 Å². The zero-order valence-electron chi connectivity index (χ0n) is 9.43. The van der Waals surface area contributed by atoms with E-state index in [1.807, 2.05) is 0 Å². The van der Waals surface area contributed by atoms with Crippen molar-refractivity contribution in [2.24, 2.45) is 0 Å². The summed E-state index contributed by atoms with van der Waals surface area (Å²) in [6, 6.07) is 6.54. The molecule has 1 aliphatic rings. The maximum absolute atomic E-state index is 11.3. The van der Waals surface area contributed by atoms with Crippen molar-refractivity contribution < 1.29 is 19.1 Å². The number of hydrogen-bond donors (Lipinski definition) is 1. The topological polar surface area (TPSA) is 72.5 Å². The summed E-state index contributed by atoms with van der Waals surface area (Å²) in [5.74, 6) is -0.820. The van der Waals surface area contributed by atoms with E-state index in [9.17, 15) is 14.4 Å². The molecule has 0 atom stereocenters. The lowest BCUT2D eigenvalue weighted by molar-refractivity contribution is -0.115. The molecule has 1 saturated heterocycles. The van der Waals surface area contributed by atoms with Gasteiger partial charge in [-0.05, 0) is 35.5 Å². The molecule has 1 heterocycles. The van der Waals surface area contributed by atoms with Crippen LogP contribution in [0.1, 0.15) is 15.9 Å². The van der Waals surface area contributed by atoms with Crippen molar-refractivity contribution in [3.8, 4) is 0 Å². The number of rotatable bonds is 2. The first kappa shape index (κ1) is 12.4. The molecular formula is C12H9NO4S. The lowest BCUT2D eigenvalue weighted by Crippen LogP contribution is -2.17. The number of amides is 2. The van der Waals surface area contributed by atoms with Crippen molar-refractivity contribution >= 4 is 35.0 Å². The molecule has 2 amide bonds. The average Bonchev–Trinajstić information content (AvgIpc) is 2.68. The van der Waals surface area contributed by atoms with Crippen LogP contribution in [-0.2, 0) is 9.53 Å². The van der Waals surface area contributed by atoms with Crippen molar-refractivity contribution in [3.05, 3.63) is 40.3 Å². The van der Waals surface area contributed by atoms with Crippen molar-refractivity contribution in [1.29, 1.82) is 0 Å². The molecule has 92 valence electrons. The van der Waals surface area contributed by atoms with Gasteiger partial charge in [0, 0.05) is 0 Å². The summed E-state index contributed by atoms with van der Waals surface area (Å²) in [6.07, 6.45) is 1.59. The number of benzene rings is 1. The van der Waals surface area contributed by atoms with E-state index in [1.165, 1.54) is 7.11 Å². The predicted molar refractivity (Wildman–Crippen MR) is 66.9 cm³/mol. The Kier molecular flexibility index (Phi) is 3.47. The van der Waals surface area contributed by atoms with E-state index in [1.54, 1.807) is 30.3 Å². The first-order valence-corrected chi connectivity index (χ1v) is 5.85. The van der Waals surface area contributed by atoms with Gasteiger partial charge in [0.15, 0.2) is 0 Å². The van der Waals surface area contributed by atoms with E-state index in [4.69, 9.17) is 0 Å². The fraction of sp³-hybridized carbons (Fsp3) is 0.0833. The Labute approximate surface area is 107 Å². The Bertz CT molecular complexity index is 548. The van der Waals surface area contributed by atoms with Crippen molar-refractivity contribution in [2.75, 3.05) is 7.11 Å². The summed E-state index contributed by atoms with van der Waals surface area (Å²) < 4.78 is 4.57. The van der Waals surface area contributed by atoms with Crippen LogP contribution in [0.5, 0.6) is 0 Å². The van der Waals surface area contributed by atoms with Crippen LogP contribution < -0.4 is 5.32 Å². The molecule has 1 aromatic rings. The number of hydrogen-bond acceptors (Lipinski definition) is 5. The van der Waals surface area contributed by atoms with Gasteiger partial charge in [-0.3, -0.25) is 14.9 Å². The van der Waals surface area contributed by atoms with Crippen LogP contribution in [0.15, 0.2) is 29.2 Å². The highest BCUT2D eigenvalue weighted by Crippen LogP contribution is 2.25. The van der Waals surface area contributed by atoms with Gasteiger partial charge in [-0.1, -0.05) is 12.1 Å². The van der Waals surface area contributed by atoms with Gasteiger partial charge in [-0.15, -0.1) is 0 Å². The van der Waals surface area contributed by atoms with Crippen LogP contribution in [0.4, 0.5) is 4.79 Å². The average molecular weight is 263 g/mol. The first-order valence-electron chi connectivity index (χ1n) is 5.03. The third-order valence-corrected chi connectivity index (χ3v) is 3.08. The maximum Gasteiger partial charge on any atom is 0.337 e.